The predicted molar refractivity (Wildman–Crippen MR) is 96.0 cm³/mol. The van der Waals surface area contributed by atoms with Crippen LogP contribution in [-0.4, -0.2) is 4.98 Å². The van der Waals surface area contributed by atoms with Crippen LogP contribution < -0.4 is 5.32 Å². The Kier molecular flexibility index (Phi) is 5.17. The van der Waals surface area contributed by atoms with Gasteiger partial charge in [0.2, 0.25) is 0 Å². The predicted octanol–water partition coefficient (Wildman–Crippen LogP) is 4.99. The van der Waals surface area contributed by atoms with E-state index in [1.165, 1.54) is 16.7 Å². The molecule has 1 N–H and O–H groups in total. The third kappa shape index (κ3) is 4.05. The number of pyridine rings is 1. The third-order valence-corrected chi connectivity index (χ3v) is 4.07. The molecule has 0 saturated heterocycles. The van der Waals surface area contributed by atoms with Crippen molar-refractivity contribution in [3.05, 3.63) is 90.3 Å². The van der Waals surface area contributed by atoms with Crippen LogP contribution in [-0.2, 0) is 6.54 Å². The molecule has 3 aromatic rings. The number of aromatic nitrogens is 1. The van der Waals surface area contributed by atoms with Crippen LogP contribution in [0.2, 0.25) is 0 Å². The van der Waals surface area contributed by atoms with E-state index in [-0.39, 0.29) is 0 Å². The Morgan fingerprint density at radius 1 is 0.826 bits per heavy atom. The molecule has 2 aromatic carbocycles. The topological polar surface area (TPSA) is 24.9 Å². The Balaban J connectivity index is 1.64. The Morgan fingerprint density at radius 3 is 2.17 bits per heavy atom. The van der Waals surface area contributed by atoms with Gasteiger partial charge in [-0.1, -0.05) is 67.6 Å². The maximum absolute atomic E-state index is 4.45. The molecule has 0 fully saturated rings. The molecule has 0 aliphatic heterocycles. The largest absolute Gasteiger partial charge is 0.305 e. The number of rotatable bonds is 6. The van der Waals surface area contributed by atoms with E-state index in [4.69, 9.17) is 0 Å². The highest BCUT2D eigenvalue weighted by molar-refractivity contribution is 5.63. The first-order valence-electron chi connectivity index (χ1n) is 8.15. The minimum absolute atomic E-state index is 0.296. The van der Waals surface area contributed by atoms with Crippen molar-refractivity contribution >= 4 is 0 Å². The monoisotopic (exact) mass is 302 g/mol. The van der Waals surface area contributed by atoms with Crippen molar-refractivity contribution in [2.75, 3.05) is 0 Å². The summed E-state index contributed by atoms with van der Waals surface area (Å²) in [6, 6.07) is 25.6. The zero-order chi connectivity index (χ0) is 15.9. The first kappa shape index (κ1) is 15.4. The lowest BCUT2D eigenvalue weighted by molar-refractivity contribution is 0.507. The Morgan fingerprint density at radius 2 is 1.52 bits per heavy atom. The van der Waals surface area contributed by atoms with Gasteiger partial charge in [-0.15, -0.1) is 0 Å². The van der Waals surface area contributed by atoms with Crippen molar-refractivity contribution in [1.29, 1.82) is 0 Å². The second-order valence-corrected chi connectivity index (χ2v) is 5.66. The van der Waals surface area contributed by atoms with E-state index in [9.17, 15) is 0 Å². The van der Waals surface area contributed by atoms with E-state index >= 15 is 0 Å². The van der Waals surface area contributed by atoms with Gasteiger partial charge in [0.25, 0.3) is 0 Å². The van der Waals surface area contributed by atoms with Gasteiger partial charge >= 0.3 is 0 Å². The third-order valence-electron chi connectivity index (χ3n) is 4.07. The maximum Gasteiger partial charge on any atom is 0.0573 e. The van der Waals surface area contributed by atoms with Crippen molar-refractivity contribution in [2.24, 2.45) is 0 Å². The highest BCUT2D eigenvalue weighted by Gasteiger charge is 2.09. The molecule has 2 heteroatoms. The highest BCUT2D eigenvalue weighted by atomic mass is 14.9. The molecule has 2 nitrogen and oxygen atoms in total. The average Bonchev–Trinajstić information content (AvgIpc) is 2.64. The number of nitrogens with one attached hydrogen (secondary N) is 1. The van der Waals surface area contributed by atoms with E-state index in [2.05, 4.69) is 71.8 Å². The fraction of sp³-hybridized carbons (Fsp3) is 0.190. The SMILES string of the molecule is CC[C@@H](NCc1ccc(-c2ccccc2)cc1)c1ccccn1. The van der Waals surface area contributed by atoms with E-state index < -0.39 is 0 Å². The fourth-order valence-electron chi connectivity index (χ4n) is 2.73. The minimum atomic E-state index is 0.296. The molecule has 116 valence electrons. The molecule has 1 heterocycles. The number of nitrogens with zero attached hydrogens (tertiary/aromatic N) is 1. The van der Waals surface area contributed by atoms with E-state index in [0.29, 0.717) is 6.04 Å². The Labute approximate surface area is 138 Å². The number of hydrogen-bond acceptors (Lipinski definition) is 2. The molecule has 0 unspecified atom stereocenters. The molecule has 1 aromatic heterocycles. The van der Waals surface area contributed by atoms with Crippen LogP contribution in [0.4, 0.5) is 0 Å². The first-order chi connectivity index (χ1) is 11.4. The summed E-state index contributed by atoms with van der Waals surface area (Å²) in [6.07, 6.45) is 2.88. The summed E-state index contributed by atoms with van der Waals surface area (Å²) in [5, 5.41) is 3.60. The molecule has 0 aliphatic carbocycles. The van der Waals surface area contributed by atoms with Crippen LogP contribution in [0.5, 0.6) is 0 Å². The summed E-state index contributed by atoms with van der Waals surface area (Å²) in [7, 11) is 0. The van der Waals surface area contributed by atoms with Gasteiger partial charge in [0.05, 0.1) is 5.69 Å². The van der Waals surface area contributed by atoms with Crippen molar-refractivity contribution in [2.45, 2.75) is 25.9 Å². The van der Waals surface area contributed by atoms with Gasteiger partial charge in [0.15, 0.2) is 0 Å². The van der Waals surface area contributed by atoms with Gasteiger partial charge < -0.3 is 5.32 Å². The molecule has 0 aliphatic rings. The average molecular weight is 302 g/mol. The first-order valence-corrected chi connectivity index (χ1v) is 8.15. The lowest BCUT2D eigenvalue weighted by Gasteiger charge is -2.16. The summed E-state index contributed by atoms with van der Waals surface area (Å²) in [5.41, 5.74) is 4.91. The number of hydrogen-bond donors (Lipinski definition) is 1. The van der Waals surface area contributed by atoms with Crippen LogP contribution in [0.15, 0.2) is 79.0 Å². The van der Waals surface area contributed by atoms with Gasteiger partial charge in [-0.2, -0.15) is 0 Å². The molecular weight excluding hydrogens is 280 g/mol. The summed E-state index contributed by atoms with van der Waals surface area (Å²) >= 11 is 0. The van der Waals surface area contributed by atoms with Gasteiger partial charge in [0, 0.05) is 18.8 Å². The normalized spacial score (nSPS) is 12.0. The van der Waals surface area contributed by atoms with Crippen LogP contribution in [0, 0.1) is 0 Å². The van der Waals surface area contributed by atoms with Gasteiger partial charge in [-0.25, -0.2) is 0 Å². The quantitative estimate of drug-likeness (QED) is 0.694. The summed E-state index contributed by atoms with van der Waals surface area (Å²) < 4.78 is 0. The van der Waals surface area contributed by atoms with E-state index in [1.54, 1.807) is 0 Å². The lowest BCUT2D eigenvalue weighted by Crippen LogP contribution is -2.21. The minimum Gasteiger partial charge on any atom is -0.305 e. The van der Waals surface area contributed by atoms with Crippen molar-refractivity contribution < 1.29 is 0 Å². The smallest absolute Gasteiger partial charge is 0.0573 e. The van der Waals surface area contributed by atoms with Crippen LogP contribution in [0.25, 0.3) is 11.1 Å². The van der Waals surface area contributed by atoms with Gasteiger partial charge in [0.1, 0.15) is 0 Å². The lowest BCUT2D eigenvalue weighted by atomic mass is 10.0. The molecule has 23 heavy (non-hydrogen) atoms. The Bertz CT molecular complexity index is 706. The zero-order valence-corrected chi connectivity index (χ0v) is 13.4. The van der Waals surface area contributed by atoms with Crippen molar-refractivity contribution in [3.8, 4) is 11.1 Å². The second kappa shape index (κ2) is 7.70. The van der Waals surface area contributed by atoms with Crippen LogP contribution in [0.1, 0.15) is 30.6 Å². The molecule has 0 bridgehead atoms. The molecule has 3 rings (SSSR count). The van der Waals surface area contributed by atoms with Crippen LogP contribution in [0.3, 0.4) is 0 Å². The standard InChI is InChI=1S/C21H22N2/c1-2-20(21-10-6-7-15-22-21)23-16-17-11-13-19(14-12-17)18-8-4-3-5-9-18/h3-15,20,23H,2,16H2,1H3/t20-/m1/s1. The van der Waals surface area contributed by atoms with Crippen molar-refractivity contribution in [1.82, 2.24) is 10.3 Å². The zero-order valence-electron chi connectivity index (χ0n) is 13.4. The highest BCUT2D eigenvalue weighted by Crippen LogP contribution is 2.20. The maximum atomic E-state index is 4.45. The summed E-state index contributed by atoms with van der Waals surface area (Å²) in [6.45, 7) is 3.04. The molecule has 0 saturated carbocycles. The summed E-state index contributed by atoms with van der Waals surface area (Å²) in [4.78, 5) is 4.45. The van der Waals surface area contributed by atoms with Crippen molar-refractivity contribution in [3.63, 3.8) is 0 Å². The molecule has 0 radical (unpaired) electrons. The Hall–Kier alpha value is -2.45. The van der Waals surface area contributed by atoms with E-state index in [1.807, 2.05) is 24.4 Å². The van der Waals surface area contributed by atoms with Gasteiger partial charge in [-0.05, 0) is 35.2 Å². The van der Waals surface area contributed by atoms with E-state index in [0.717, 1.165) is 18.7 Å². The number of benzene rings is 2. The molecule has 0 spiro atoms. The molecular formula is C21H22N2. The molecule has 1 atom stereocenters. The van der Waals surface area contributed by atoms with Crippen LogP contribution >= 0.6 is 0 Å². The fourth-order valence-corrected chi connectivity index (χ4v) is 2.73. The second-order valence-electron chi connectivity index (χ2n) is 5.66. The van der Waals surface area contributed by atoms with Gasteiger partial charge in [-0.3, -0.25) is 4.98 Å². The summed E-state index contributed by atoms with van der Waals surface area (Å²) in [5.74, 6) is 0. The molecule has 0 amide bonds.